The molecule has 1 atom stereocenters. The Bertz CT molecular complexity index is 978. The van der Waals surface area contributed by atoms with Gasteiger partial charge in [-0.25, -0.2) is 9.18 Å². The van der Waals surface area contributed by atoms with Crippen molar-refractivity contribution in [2.45, 2.75) is 20.0 Å². The van der Waals surface area contributed by atoms with Crippen molar-refractivity contribution < 1.29 is 13.9 Å². The number of ether oxygens (including phenoxy) is 1. The second kappa shape index (κ2) is 9.09. The highest BCUT2D eigenvalue weighted by Crippen LogP contribution is 2.29. The monoisotopic (exact) mass is 442 g/mol. The first kappa shape index (κ1) is 21.4. The number of thiocarbonyl (C=S) groups is 1. The lowest BCUT2D eigenvalue weighted by molar-refractivity contribution is 0.143. The van der Waals surface area contributed by atoms with Crippen LogP contribution in [0, 0.1) is 12.7 Å². The number of carbonyl (C=O) groups excluding carboxylic acids is 1. The van der Waals surface area contributed by atoms with Crippen LogP contribution in [0.1, 0.15) is 12.5 Å². The summed E-state index contributed by atoms with van der Waals surface area (Å²) in [6.07, 6.45) is -0.782. The van der Waals surface area contributed by atoms with Gasteiger partial charge in [-0.2, -0.15) is 0 Å². The lowest BCUT2D eigenvalue weighted by atomic mass is 10.1. The third-order valence-corrected chi connectivity index (χ3v) is 5.92. The second-order valence-corrected chi connectivity index (χ2v) is 8.56. The van der Waals surface area contributed by atoms with E-state index < -0.39 is 6.09 Å². The Labute approximate surface area is 187 Å². The number of anilines is 3. The maximum atomic E-state index is 15.0. The summed E-state index contributed by atoms with van der Waals surface area (Å²) < 4.78 is 20.3. The van der Waals surface area contributed by atoms with Crippen molar-refractivity contribution in [3.63, 3.8) is 0 Å². The minimum absolute atomic E-state index is 0.317. The lowest BCUT2D eigenvalue weighted by Gasteiger charge is -2.38. The van der Waals surface area contributed by atoms with E-state index in [2.05, 4.69) is 34.2 Å². The molecule has 164 valence electrons. The fourth-order valence-electron chi connectivity index (χ4n) is 4.12. The molecule has 0 bridgehead atoms. The Hall–Kier alpha value is -2.87. The van der Waals surface area contributed by atoms with Gasteiger partial charge in [0.25, 0.3) is 0 Å². The van der Waals surface area contributed by atoms with Crippen LogP contribution in [-0.2, 0) is 4.74 Å². The average molecular weight is 443 g/mol. The molecule has 31 heavy (non-hydrogen) atoms. The predicted octanol–water partition coefficient (Wildman–Crippen LogP) is 3.72. The van der Waals surface area contributed by atoms with E-state index in [4.69, 9.17) is 17.0 Å². The minimum atomic E-state index is -0.465. The van der Waals surface area contributed by atoms with E-state index in [-0.39, 0.29) is 11.9 Å². The highest BCUT2D eigenvalue weighted by Gasteiger charge is 2.33. The quantitative estimate of drug-likeness (QED) is 0.713. The standard InChI is InChI=1S/C23H27FN4O2S/c1-16-5-3-4-6-21(16)26-9-11-27(12-10-26)22-8-7-18(13-20(22)24)28-15-19(30-23(28)29)14-25-17(2)31/h3-8,13,19H,9-12,14-15H2,1-2H3,(H,25,31)/t19-/m0/s1. The maximum absolute atomic E-state index is 15.0. The summed E-state index contributed by atoms with van der Waals surface area (Å²) in [4.78, 5) is 18.7. The number of nitrogens with one attached hydrogen (secondary N) is 1. The van der Waals surface area contributed by atoms with Gasteiger partial charge in [0.1, 0.15) is 11.9 Å². The highest BCUT2D eigenvalue weighted by atomic mass is 32.1. The molecule has 2 heterocycles. The Kier molecular flexibility index (Phi) is 6.27. The smallest absolute Gasteiger partial charge is 0.414 e. The van der Waals surface area contributed by atoms with Gasteiger partial charge in [-0.05, 0) is 43.7 Å². The highest BCUT2D eigenvalue weighted by molar-refractivity contribution is 7.80. The topological polar surface area (TPSA) is 48.0 Å². The minimum Gasteiger partial charge on any atom is -0.442 e. The normalized spacial score (nSPS) is 18.9. The Morgan fingerprint density at radius 2 is 1.81 bits per heavy atom. The SMILES string of the molecule is CC(=S)NC[C@H]1CN(c2ccc(N3CCN(c4ccccc4C)CC3)c(F)c2)C(=O)O1. The van der Waals surface area contributed by atoms with Crippen LogP contribution in [0.25, 0.3) is 0 Å². The molecule has 0 radical (unpaired) electrons. The molecule has 4 rings (SSSR count). The van der Waals surface area contributed by atoms with Crippen molar-refractivity contribution in [2.75, 3.05) is 54.0 Å². The molecule has 2 aliphatic rings. The molecule has 0 unspecified atom stereocenters. The van der Waals surface area contributed by atoms with Gasteiger partial charge >= 0.3 is 6.09 Å². The maximum Gasteiger partial charge on any atom is 0.414 e. The molecule has 2 saturated heterocycles. The van der Waals surface area contributed by atoms with Crippen LogP contribution in [0.3, 0.4) is 0 Å². The van der Waals surface area contributed by atoms with Gasteiger partial charge in [0.05, 0.1) is 29.5 Å². The van der Waals surface area contributed by atoms with Crippen molar-refractivity contribution in [3.8, 4) is 0 Å². The summed E-state index contributed by atoms with van der Waals surface area (Å²) in [5, 5.41) is 3.01. The fourth-order valence-corrected chi connectivity index (χ4v) is 4.21. The number of nitrogens with zero attached hydrogens (tertiary/aromatic N) is 3. The van der Waals surface area contributed by atoms with Gasteiger partial charge in [0.15, 0.2) is 0 Å². The van der Waals surface area contributed by atoms with E-state index in [1.807, 2.05) is 12.1 Å². The van der Waals surface area contributed by atoms with Crippen LogP contribution in [0.15, 0.2) is 42.5 Å². The predicted molar refractivity (Wildman–Crippen MR) is 126 cm³/mol. The zero-order valence-corrected chi connectivity index (χ0v) is 18.6. The van der Waals surface area contributed by atoms with E-state index in [1.165, 1.54) is 22.2 Å². The number of carbonyl (C=O) groups is 1. The number of hydrogen-bond acceptors (Lipinski definition) is 5. The second-order valence-electron chi connectivity index (χ2n) is 7.95. The molecule has 1 amide bonds. The van der Waals surface area contributed by atoms with Gasteiger partial charge in [0.2, 0.25) is 0 Å². The first-order chi connectivity index (χ1) is 14.9. The molecule has 0 aliphatic carbocycles. The molecule has 6 nitrogen and oxygen atoms in total. The number of amides is 1. The van der Waals surface area contributed by atoms with Crippen LogP contribution in [-0.4, -0.2) is 56.5 Å². The number of benzene rings is 2. The number of aryl methyl sites for hydroxylation is 1. The molecule has 2 aliphatic heterocycles. The van der Waals surface area contributed by atoms with Crippen molar-refractivity contribution in [3.05, 3.63) is 53.8 Å². The zero-order valence-electron chi connectivity index (χ0n) is 17.8. The number of para-hydroxylation sites is 1. The molecule has 1 N–H and O–H groups in total. The van der Waals surface area contributed by atoms with E-state index in [0.717, 1.165) is 26.2 Å². The van der Waals surface area contributed by atoms with Crippen LogP contribution >= 0.6 is 12.2 Å². The molecular formula is C23H27FN4O2S. The summed E-state index contributed by atoms with van der Waals surface area (Å²) in [6, 6.07) is 13.3. The molecule has 0 saturated carbocycles. The van der Waals surface area contributed by atoms with Crippen molar-refractivity contribution in [1.29, 1.82) is 0 Å². The molecule has 0 spiro atoms. The molecule has 0 aromatic heterocycles. The third-order valence-electron chi connectivity index (χ3n) is 5.77. The fraction of sp³-hybridized carbons (Fsp3) is 0.391. The number of cyclic esters (lactones) is 1. The number of rotatable bonds is 5. The summed E-state index contributed by atoms with van der Waals surface area (Å²) in [5.41, 5.74) is 3.55. The number of piperazine rings is 1. The van der Waals surface area contributed by atoms with E-state index in [9.17, 15) is 9.18 Å². The van der Waals surface area contributed by atoms with E-state index in [0.29, 0.717) is 29.5 Å². The van der Waals surface area contributed by atoms with Gasteiger partial charge in [-0.1, -0.05) is 30.4 Å². The van der Waals surface area contributed by atoms with Crippen LogP contribution < -0.4 is 20.0 Å². The first-order valence-corrected chi connectivity index (χ1v) is 10.9. The molecule has 2 aromatic carbocycles. The summed E-state index contributed by atoms with van der Waals surface area (Å²) in [7, 11) is 0. The first-order valence-electron chi connectivity index (χ1n) is 10.5. The average Bonchev–Trinajstić information content (AvgIpc) is 3.13. The summed E-state index contributed by atoms with van der Waals surface area (Å²) in [5.74, 6) is -0.328. The van der Waals surface area contributed by atoms with E-state index in [1.54, 1.807) is 19.1 Å². The third kappa shape index (κ3) is 4.74. The van der Waals surface area contributed by atoms with Gasteiger partial charge in [0, 0.05) is 31.9 Å². The number of hydrogen-bond donors (Lipinski definition) is 1. The largest absolute Gasteiger partial charge is 0.442 e. The molecular weight excluding hydrogens is 415 g/mol. The van der Waals surface area contributed by atoms with Crippen LogP contribution in [0.4, 0.5) is 26.2 Å². The number of halogens is 1. The molecule has 2 fully saturated rings. The molecule has 8 heteroatoms. The Balaban J connectivity index is 1.40. The van der Waals surface area contributed by atoms with Gasteiger partial charge < -0.3 is 19.9 Å². The Morgan fingerprint density at radius 1 is 1.13 bits per heavy atom. The summed E-state index contributed by atoms with van der Waals surface area (Å²) >= 11 is 4.99. The van der Waals surface area contributed by atoms with Gasteiger partial charge in [-0.15, -0.1) is 0 Å². The van der Waals surface area contributed by atoms with Crippen LogP contribution in [0.5, 0.6) is 0 Å². The Morgan fingerprint density at radius 3 is 2.45 bits per heavy atom. The zero-order chi connectivity index (χ0) is 22.0. The van der Waals surface area contributed by atoms with Crippen molar-refractivity contribution >= 4 is 40.4 Å². The lowest BCUT2D eigenvalue weighted by Crippen LogP contribution is -2.47. The van der Waals surface area contributed by atoms with Crippen LogP contribution in [0.2, 0.25) is 0 Å². The van der Waals surface area contributed by atoms with Crippen molar-refractivity contribution in [1.82, 2.24) is 5.32 Å². The van der Waals surface area contributed by atoms with Gasteiger partial charge in [-0.3, -0.25) is 4.90 Å². The van der Waals surface area contributed by atoms with E-state index >= 15 is 0 Å². The molecule has 2 aromatic rings. The summed E-state index contributed by atoms with van der Waals surface area (Å²) in [6.45, 7) is 7.84. The van der Waals surface area contributed by atoms with Crippen molar-refractivity contribution in [2.24, 2.45) is 0 Å².